The molecule has 1 heteroatoms. The highest BCUT2D eigenvalue weighted by molar-refractivity contribution is 5.01. The Balaban J connectivity index is 3.48. The van der Waals surface area contributed by atoms with Gasteiger partial charge in [0.2, 0.25) is 0 Å². The summed E-state index contributed by atoms with van der Waals surface area (Å²) in [6.45, 7) is 4.75. The van der Waals surface area contributed by atoms with Crippen molar-refractivity contribution in [2.24, 2.45) is 0 Å². The maximum absolute atomic E-state index is 9.26. The fourth-order valence-corrected chi connectivity index (χ4v) is 2.08. The zero-order valence-electron chi connectivity index (χ0n) is 12.0. The van der Waals surface area contributed by atoms with E-state index >= 15 is 0 Å². The summed E-state index contributed by atoms with van der Waals surface area (Å²) in [5.74, 6) is 0. The van der Waals surface area contributed by atoms with Gasteiger partial charge in [0.1, 0.15) is 0 Å². The van der Waals surface area contributed by atoms with Gasteiger partial charge in [0.25, 0.3) is 0 Å². The van der Waals surface area contributed by atoms with Crippen molar-refractivity contribution in [3.05, 3.63) is 11.6 Å². The van der Waals surface area contributed by atoms with Crippen molar-refractivity contribution in [3.63, 3.8) is 0 Å². The summed E-state index contributed by atoms with van der Waals surface area (Å²) < 4.78 is 0. The molecule has 0 aliphatic rings. The lowest BCUT2D eigenvalue weighted by atomic mass is 10.0. The molecule has 0 aromatic rings. The Hall–Kier alpha value is -0.300. The fraction of sp³-hybridized carbons (Fsp3) is 0.875. The zero-order valence-corrected chi connectivity index (χ0v) is 12.0. The van der Waals surface area contributed by atoms with E-state index in [9.17, 15) is 5.11 Å². The number of aliphatic hydroxyl groups excluding tert-OH is 1. The van der Waals surface area contributed by atoms with Crippen LogP contribution in [0.1, 0.15) is 84.5 Å². The van der Waals surface area contributed by atoms with E-state index in [0.717, 1.165) is 12.8 Å². The van der Waals surface area contributed by atoms with E-state index in [2.05, 4.69) is 19.9 Å². The van der Waals surface area contributed by atoms with Gasteiger partial charge < -0.3 is 5.11 Å². The van der Waals surface area contributed by atoms with Crippen LogP contribution >= 0.6 is 0 Å². The first-order chi connectivity index (χ1) is 8.35. The Bertz CT molecular complexity index is 172. The molecule has 0 amide bonds. The molecule has 1 N–H and O–H groups in total. The minimum Gasteiger partial charge on any atom is -0.392 e. The van der Waals surface area contributed by atoms with Gasteiger partial charge in [0.05, 0.1) is 6.61 Å². The van der Waals surface area contributed by atoms with Gasteiger partial charge in [-0.15, -0.1) is 0 Å². The highest BCUT2D eigenvalue weighted by Gasteiger charge is 1.96. The van der Waals surface area contributed by atoms with Crippen LogP contribution in [0.4, 0.5) is 0 Å². The maximum atomic E-state index is 9.26. The van der Waals surface area contributed by atoms with Crippen LogP contribution in [-0.2, 0) is 0 Å². The Morgan fingerprint density at radius 1 is 0.824 bits per heavy atom. The lowest BCUT2D eigenvalue weighted by Gasteiger charge is -2.04. The van der Waals surface area contributed by atoms with Gasteiger partial charge in [-0.2, -0.15) is 0 Å². The van der Waals surface area contributed by atoms with E-state index in [1.165, 1.54) is 63.4 Å². The maximum Gasteiger partial charge on any atom is 0.0641 e. The predicted molar refractivity (Wildman–Crippen MR) is 77.3 cm³/mol. The van der Waals surface area contributed by atoms with Crippen molar-refractivity contribution >= 4 is 0 Å². The standard InChI is InChI=1S/C16H32O/c1-3-5-7-9-10-12-14-16(15-17)13-11-8-6-4-2/h14,17H,3-13,15H2,1-2H3/b16-14-. The SMILES string of the molecule is CCCCCCC/C=C(\CO)CCCCCC. The number of rotatable bonds is 12. The molecule has 0 fully saturated rings. The molecule has 0 heterocycles. The molecule has 0 saturated carbocycles. The summed E-state index contributed by atoms with van der Waals surface area (Å²) in [6, 6.07) is 0. The predicted octanol–water partition coefficient (Wildman–Crippen LogP) is 5.24. The van der Waals surface area contributed by atoms with Crippen LogP contribution in [0.25, 0.3) is 0 Å². The van der Waals surface area contributed by atoms with Gasteiger partial charge in [0.15, 0.2) is 0 Å². The van der Waals surface area contributed by atoms with Gasteiger partial charge in [-0.25, -0.2) is 0 Å². The van der Waals surface area contributed by atoms with E-state index in [0.29, 0.717) is 0 Å². The topological polar surface area (TPSA) is 20.2 Å². The van der Waals surface area contributed by atoms with Gasteiger partial charge in [-0.3, -0.25) is 0 Å². The van der Waals surface area contributed by atoms with E-state index in [4.69, 9.17) is 0 Å². The summed E-state index contributed by atoms with van der Waals surface area (Å²) >= 11 is 0. The number of aliphatic hydroxyl groups is 1. The second-order valence-corrected chi connectivity index (χ2v) is 5.03. The fourth-order valence-electron chi connectivity index (χ4n) is 2.08. The third-order valence-corrected chi connectivity index (χ3v) is 3.30. The number of allylic oxidation sites excluding steroid dienone is 1. The van der Waals surface area contributed by atoms with Crippen LogP contribution in [-0.4, -0.2) is 11.7 Å². The third kappa shape index (κ3) is 12.0. The largest absolute Gasteiger partial charge is 0.392 e. The van der Waals surface area contributed by atoms with Crippen LogP contribution in [0.15, 0.2) is 11.6 Å². The Kier molecular flexibility index (Phi) is 13.5. The summed E-state index contributed by atoms with van der Waals surface area (Å²) in [7, 11) is 0. The molecule has 0 aliphatic heterocycles. The van der Waals surface area contributed by atoms with Crippen LogP contribution in [0, 0.1) is 0 Å². The number of hydrogen-bond acceptors (Lipinski definition) is 1. The molecule has 0 saturated heterocycles. The molecule has 0 radical (unpaired) electrons. The number of unbranched alkanes of at least 4 members (excludes halogenated alkanes) is 8. The van der Waals surface area contributed by atoms with Crippen LogP contribution in [0.5, 0.6) is 0 Å². The first kappa shape index (κ1) is 16.7. The third-order valence-electron chi connectivity index (χ3n) is 3.30. The van der Waals surface area contributed by atoms with Crippen molar-refractivity contribution in [3.8, 4) is 0 Å². The summed E-state index contributed by atoms with van der Waals surface area (Å²) in [6.07, 6.45) is 16.4. The van der Waals surface area contributed by atoms with E-state index in [1.54, 1.807) is 0 Å². The molecule has 17 heavy (non-hydrogen) atoms. The van der Waals surface area contributed by atoms with Crippen molar-refractivity contribution in [2.75, 3.05) is 6.61 Å². The molecular formula is C16H32O. The molecule has 1 nitrogen and oxygen atoms in total. The zero-order chi connectivity index (χ0) is 12.8. The van der Waals surface area contributed by atoms with Crippen molar-refractivity contribution in [1.29, 1.82) is 0 Å². The quantitative estimate of drug-likeness (QED) is 0.365. The Morgan fingerprint density at radius 2 is 1.41 bits per heavy atom. The molecule has 0 atom stereocenters. The molecule has 0 aromatic carbocycles. The molecule has 0 rings (SSSR count). The van der Waals surface area contributed by atoms with E-state index in [1.807, 2.05) is 0 Å². The monoisotopic (exact) mass is 240 g/mol. The minimum atomic E-state index is 0.265. The molecule has 0 spiro atoms. The molecular weight excluding hydrogens is 208 g/mol. The normalized spacial score (nSPS) is 12.1. The highest BCUT2D eigenvalue weighted by Crippen LogP contribution is 2.12. The van der Waals surface area contributed by atoms with Crippen molar-refractivity contribution < 1.29 is 5.11 Å². The van der Waals surface area contributed by atoms with Gasteiger partial charge >= 0.3 is 0 Å². The van der Waals surface area contributed by atoms with Gasteiger partial charge in [-0.05, 0) is 31.3 Å². The molecule has 0 unspecified atom stereocenters. The van der Waals surface area contributed by atoms with Crippen LogP contribution in [0.3, 0.4) is 0 Å². The first-order valence-electron chi connectivity index (χ1n) is 7.63. The minimum absolute atomic E-state index is 0.265. The number of hydrogen-bond donors (Lipinski definition) is 1. The second kappa shape index (κ2) is 13.8. The molecule has 0 aromatic heterocycles. The first-order valence-corrected chi connectivity index (χ1v) is 7.63. The van der Waals surface area contributed by atoms with E-state index in [-0.39, 0.29) is 6.61 Å². The Labute approximate surface area is 108 Å². The van der Waals surface area contributed by atoms with Crippen LogP contribution < -0.4 is 0 Å². The van der Waals surface area contributed by atoms with Gasteiger partial charge in [-0.1, -0.05) is 64.9 Å². The lowest BCUT2D eigenvalue weighted by Crippen LogP contribution is -1.91. The van der Waals surface area contributed by atoms with Crippen LogP contribution in [0.2, 0.25) is 0 Å². The molecule has 0 aliphatic carbocycles. The van der Waals surface area contributed by atoms with E-state index < -0.39 is 0 Å². The average molecular weight is 240 g/mol. The molecule has 102 valence electrons. The summed E-state index contributed by atoms with van der Waals surface area (Å²) in [5, 5.41) is 9.26. The highest BCUT2D eigenvalue weighted by atomic mass is 16.3. The van der Waals surface area contributed by atoms with Crippen molar-refractivity contribution in [1.82, 2.24) is 0 Å². The molecule has 0 bridgehead atoms. The lowest BCUT2D eigenvalue weighted by molar-refractivity contribution is 0.324. The summed E-state index contributed by atoms with van der Waals surface area (Å²) in [4.78, 5) is 0. The van der Waals surface area contributed by atoms with Gasteiger partial charge in [0, 0.05) is 0 Å². The second-order valence-electron chi connectivity index (χ2n) is 5.03. The average Bonchev–Trinajstić information content (AvgIpc) is 2.36. The van der Waals surface area contributed by atoms with Crippen molar-refractivity contribution in [2.45, 2.75) is 84.5 Å². The Morgan fingerprint density at radius 3 is 2.00 bits per heavy atom. The summed E-state index contributed by atoms with van der Waals surface area (Å²) in [5.41, 5.74) is 1.26. The smallest absolute Gasteiger partial charge is 0.0641 e.